The van der Waals surface area contributed by atoms with Crippen molar-refractivity contribution in [1.82, 2.24) is 14.9 Å². The third-order valence-corrected chi connectivity index (χ3v) is 3.26. The van der Waals surface area contributed by atoms with Crippen LogP contribution >= 0.6 is 0 Å². The van der Waals surface area contributed by atoms with Gasteiger partial charge in [-0.2, -0.15) is 0 Å². The number of nitrogens with zero attached hydrogens (tertiary/aromatic N) is 2. The predicted octanol–water partition coefficient (Wildman–Crippen LogP) is 2.32. The van der Waals surface area contributed by atoms with E-state index < -0.39 is 11.6 Å². The van der Waals surface area contributed by atoms with Gasteiger partial charge in [-0.3, -0.25) is 0 Å². The average molecular weight is 265 g/mol. The molecule has 1 aromatic carbocycles. The van der Waals surface area contributed by atoms with Crippen molar-refractivity contribution < 1.29 is 8.78 Å². The molecule has 5 heteroatoms. The molecule has 0 aliphatic rings. The van der Waals surface area contributed by atoms with Gasteiger partial charge in [0.1, 0.15) is 5.82 Å². The third kappa shape index (κ3) is 2.81. The smallest absolute Gasteiger partial charge is 0.159 e. The molecule has 0 aliphatic heterocycles. The van der Waals surface area contributed by atoms with Gasteiger partial charge in [0, 0.05) is 19.2 Å². The van der Waals surface area contributed by atoms with Gasteiger partial charge in [-0.15, -0.1) is 0 Å². The third-order valence-electron chi connectivity index (χ3n) is 3.26. The second kappa shape index (κ2) is 5.48. The van der Waals surface area contributed by atoms with Crippen molar-refractivity contribution in [3.8, 4) is 0 Å². The average Bonchev–Trinajstić information content (AvgIpc) is 2.63. The van der Waals surface area contributed by atoms with Crippen molar-refractivity contribution in [3.05, 3.63) is 52.6 Å². The van der Waals surface area contributed by atoms with E-state index in [2.05, 4.69) is 10.3 Å². The van der Waals surface area contributed by atoms with Crippen molar-refractivity contribution in [3.63, 3.8) is 0 Å². The molecule has 0 saturated heterocycles. The van der Waals surface area contributed by atoms with Crippen molar-refractivity contribution in [2.75, 3.05) is 7.05 Å². The summed E-state index contributed by atoms with van der Waals surface area (Å²) in [6, 6.07) is 3.96. The molecule has 0 aliphatic carbocycles. The van der Waals surface area contributed by atoms with Gasteiger partial charge in [-0.1, -0.05) is 6.07 Å². The molecule has 2 aromatic rings. The summed E-state index contributed by atoms with van der Waals surface area (Å²) in [7, 11) is 3.81. The fourth-order valence-corrected chi connectivity index (χ4v) is 2.03. The highest BCUT2D eigenvalue weighted by Crippen LogP contribution is 2.16. The van der Waals surface area contributed by atoms with Gasteiger partial charge in [0.05, 0.1) is 12.2 Å². The molecule has 0 spiro atoms. The van der Waals surface area contributed by atoms with E-state index in [1.807, 2.05) is 25.6 Å². The molecule has 1 aromatic heterocycles. The Balaban J connectivity index is 2.27. The zero-order valence-corrected chi connectivity index (χ0v) is 11.3. The highest BCUT2D eigenvalue weighted by molar-refractivity contribution is 5.26. The number of hydrogen-bond acceptors (Lipinski definition) is 2. The zero-order valence-electron chi connectivity index (χ0n) is 11.3. The summed E-state index contributed by atoms with van der Waals surface area (Å²) in [5, 5.41) is 3.05. The van der Waals surface area contributed by atoms with Crippen LogP contribution in [0.15, 0.2) is 18.2 Å². The highest BCUT2D eigenvalue weighted by atomic mass is 19.2. The SMILES string of the molecule is CNCc1nc(Cc2ccc(F)c(F)c2)c(C)n1C. The first kappa shape index (κ1) is 13.7. The maximum atomic E-state index is 13.2. The van der Waals surface area contributed by atoms with E-state index in [1.165, 1.54) is 6.07 Å². The van der Waals surface area contributed by atoms with Crippen LogP contribution in [0.3, 0.4) is 0 Å². The normalized spacial score (nSPS) is 11.0. The minimum Gasteiger partial charge on any atom is -0.334 e. The van der Waals surface area contributed by atoms with E-state index >= 15 is 0 Å². The molecule has 0 saturated carbocycles. The predicted molar refractivity (Wildman–Crippen MR) is 69.9 cm³/mol. The van der Waals surface area contributed by atoms with Gasteiger partial charge in [-0.05, 0) is 31.7 Å². The molecule has 2 rings (SSSR count). The van der Waals surface area contributed by atoms with Crippen LogP contribution in [-0.2, 0) is 20.0 Å². The van der Waals surface area contributed by atoms with Crippen LogP contribution in [-0.4, -0.2) is 16.6 Å². The summed E-state index contributed by atoms with van der Waals surface area (Å²) >= 11 is 0. The Bertz CT molecular complexity index is 591. The lowest BCUT2D eigenvalue weighted by Crippen LogP contribution is -2.10. The Hall–Kier alpha value is -1.75. The molecule has 19 heavy (non-hydrogen) atoms. The molecule has 0 fully saturated rings. The van der Waals surface area contributed by atoms with Gasteiger partial charge in [0.2, 0.25) is 0 Å². The fraction of sp³-hybridized carbons (Fsp3) is 0.357. The number of imidazole rings is 1. The van der Waals surface area contributed by atoms with Gasteiger partial charge in [-0.25, -0.2) is 13.8 Å². The van der Waals surface area contributed by atoms with Crippen LogP contribution < -0.4 is 5.32 Å². The molecule has 3 nitrogen and oxygen atoms in total. The van der Waals surface area contributed by atoms with Gasteiger partial charge >= 0.3 is 0 Å². The Kier molecular flexibility index (Phi) is 3.95. The first-order valence-electron chi connectivity index (χ1n) is 6.12. The van der Waals surface area contributed by atoms with Crippen LogP contribution in [0.4, 0.5) is 8.78 Å². The van der Waals surface area contributed by atoms with E-state index in [0.717, 1.165) is 28.8 Å². The van der Waals surface area contributed by atoms with E-state index in [-0.39, 0.29) is 0 Å². The number of aromatic nitrogens is 2. The largest absolute Gasteiger partial charge is 0.334 e. The summed E-state index contributed by atoms with van der Waals surface area (Å²) in [6.45, 7) is 2.65. The summed E-state index contributed by atoms with van der Waals surface area (Å²) in [6.07, 6.45) is 0.501. The lowest BCUT2D eigenvalue weighted by atomic mass is 10.1. The molecule has 102 valence electrons. The number of hydrogen-bond donors (Lipinski definition) is 1. The molecule has 1 heterocycles. The minimum atomic E-state index is -0.822. The number of halogens is 2. The Morgan fingerprint density at radius 1 is 1.26 bits per heavy atom. The lowest BCUT2D eigenvalue weighted by molar-refractivity contribution is 0.507. The van der Waals surface area contributed by atoms with Crippen LogP contribution in [0, 0.1) is 18.6 Å². The van der Waals surface area contributed by atoms with Crippen LogP contribution in [0.5, 0.6) is 0 Å². The number of rotatable bonds is 4. The standard InChI is InChI=1S/C14H17F2N3/c1-9-13(18-14(8-17-2)19(9)3)7-10-4-5-11(15)12(16)6-10/h4-6,17H,7-8H2,1-3H3. The number of nitrogens with one attached hydrogen (secondary N) is 1. The summed E-state index contributed by atoms with van der Waals surface area (Å²) in [5.74, 6) is -0.712. The molecule has 0 atom stereocenters. The maximum absolute atomic E-state index is 13.2. The molecule has 0 amide bonds. The molecule has 1 N–H and O–H groups in total. The van der Waals surface area contributed by atoms with Crippen molar-refractivity contribution in [2.24, 2.45) is 7.05 Å². The minimum absolute atomic E-state index is 0.501. The quantitative estimate of drug-likeness (QED) is 0.919. The van der Waals surface area contributed by atoms with E-state index in [1.54, 1.807) is 6.07 Å². The van der Waals surface area contributed by atoms with Crippen molar-refractivity contribution in [2.45, 2.75) is 19.9 Å². The zero-order chi connectivity index (χ0) is 14.0. The van der Waals surface area contributed by atoms with Gasteiger partial charge in [0.15, 0.2) is 11.6 Å². The summed E-state index contributed by atoms with van der Waals surface area (Å²) in [4.78, 5) is 4.53. The van der Waals surface area contributed by atoms with E-state index in [0.29, 0.717) is 13.0 Å². The fourth-order valence-electron chi connectivity index (χ4n) is 2.03. The topological polar surface area (TPSA) is 29.9 Å². The monoisotopic (exact) mass is 265 g/mol. The highest BCUT2D eigenvalue weighted by Gasteiger charge is 2.12. The van der Waals surface area contributed by atoms with E-state index in [9.17, 15) is 8.78 Å². The lowest BCUT2D eigenvalue weighted by Gasteiger charge is -2.02. The first-order chi connectivity index (χ1) is 9.02. The van der Waals surface area contributed by atoms with E-state index in [4.69, 9.17) is 0 Å². The van der Waals surface area contributed by atoms with Crippen LogP contribution in [0.25, 0.3) is 0 Å². The van der Waals surface area contributed by atoms with Gasteiger partial charge < -0.3 is 9.88 Å². The maximum Gasteiger partial charge on any atom is 0.159 e. The molecule has 0 radical (unpaired) electrons. The molecular formula is C14H17F2N3. The second-order valence-electron chi connectivity index (χ2n) is 4.57. The van der Waals surface area contributed by atoms with Gasteiger partial charge in [0.25, 0.3) is 0 Å². The summed E-state index contributed by atoms with van der Waals surface area (Å²) < 4.78 is 28.1. The Morgan fingerprint density at radius 2 is 2.00 bits per heavy atom. The molecule has 0 bridgehead atoms. The number of benzene rings is 1. The van der Waals surface area contributed by atoms with Crippen molar-refractivity contribution in [1.29, 1.82) is 0 Å². The van der Waals surface area contributed by atoms with Crippen LogP contribution in [0.2, 0.25) is 0 Å². The second-order valence-corrected chi connectivity index (χ2v) is 4.57. The Labute approximate surface area is 111 Å². The molecule has 0 unspecified atom stereocenters. The van der Waals surface area contributed by atoms with Crippen molar-refractivity contribution >= 4 is 0 Å². The van der Waals surface area contributed by atoms with Crippen LogP contribution in [0.1, 0.15) is 22.8 Å². The first-order valence-corrected chi connectivity index (χ1v) is 6.12. The summed E-state index contributed by atoms with van der Waals surface area (Å²) in [5.41, 5.74) is 2.64. The Morgan fingerprint density at radius 3 is 2.63 bits per heavy atom. The molecular weight excluding hydrogens is 248 g/mol.